The largest absolute Gasteiger partial charge is 0.480 e. The molecule has 2 heterocycles. The number of oxime groups is 1. The fourth-order valence-electron chi connectivity index (χ4n) is 5.38. The Labute approximate surface area is 212 Å². The lowest BCUT2D eigenvalue weighted by Crippen LogP contribution is -2.37. The highest BCUT2D eigenvalue weighted by Gasteiger charge is 2.40. The molecule has 0 amide bonds. The first kappa shape index (κ1) is 25.8. The van der Waals surface area contributed by atoms with E-state index in [4.69, 9.17) is 4.74 Å². The summed E-state index contributed by atoms with van der Waals surface area (Å²) in [7, 11) is -1.59. The number of rotatable bonds is 8. The van der Waals surface area contributed by atoms with Crippen LogP contribution in [0.3, 0.4) is 0 Å². The molecule has 0 radical (unpaired) electrons. The fraction of sp³-hybridized carbons (Fsp3) is 0.370. The lowest BCUT2D eigenvalue weighted by atomic mass is 9.66. The standard InChI is InChI=1S/C27H32N4O4S/c1-20-6-4-5-7-24(20)27(15-17-29-32,25-12-16-28-30-26(25)35-2)23-10-8-21(9-11-23)22-13-18-31(19-14-22)36(3,33)34/h4-12,16-17,22,32H,13-15,18-19H2,1-3H3/b29-17+/t27-/m1/s1. The summed E-state index contributed by atoms with van der Waals surface area (Å²) in [5.74, 6) is 0.699. The summed E-state index contributed by atoms with van der Waals surface area (Å²) in [5, 5.41) is 21.0. The first-order chi connectivity index (χ1) is 17.3. The average molecular weight is 509 g/mol. The Morgan fingerprint density at radius 2 is 1.81 bits per heavy atom. The number of methoxy groups -OCH3 is 1. The maximum absolute atomic E-state index is 11.9. The van der Waals surface area contributed by atoms with Crippen molar-refractivity contribution in [2.24, 2.45) is 5.16 Å². The van der Waals surface area contributed by atoms with Crippen LogP contribution < -0.4 is 4.74 Å². The summed E-state index contributed by atoms with van der Waals surface area (Å²) in [4.78, 5) is 0. The fourth-order valence-corrected chi connectivity index (χ4v) is 6.25. The molecule has 0 aliphatic carbocycles. The monoisotopic (exact) mass is 508 g/mol. The SMILES string of the molecule is COc1nnccc1[C@](C/C=N/O)(c1ccc(C2CCN(S(C)(=O)=O)CC2)cc1)c1ccccc1C. The highest BCUT2D eigenvalue weighted by molar-refractivity contribution is 7.88. The Bertz CT molecular complexity index is 1320. The predicted octanol–water partition coefficient (Wildman–Crippen LogP) is 4.12. The van der Waals surface area contributed by atoms with Crippen molar-refractivity contribution in [2.75, 3.05) is 26.5 Å². The molecule has 1 aromatic heterocycles. The molecule has 3 aromatic rings. The molecule has 1 aliphatic rings. The van der Waals surface area contributed by atoms with Gasteiger partial charge in [-0.2, -0.15) is 5.10 Å². The van der Waals surface area contributed by atoms with Gasteiger partial charge >= 0.3 is 0 Å². The zero-order chi connectivity index (χ0) is 25.8. The Hall–Kier alpha value is -3.30. The van der Waals surface area contributed by atoms with Gasteiger partial charge in [-0.15, -0.1) is 10.3 Å². The molecule has 1 atom stereocenters. The maximum atomic E-state index is 11.9. The van der Waals surface area contributed by atoms with Crippen LogP contribution in [0.2, 0.25) is 0 Å². The molecule has 2 aromatic carbocycles. The minimum Gasteiger partial charge on any atom is -0.480 e. The van der Waals surface area contributed by atoms with Gasteiger partial charge in [0, 0.05) is 31.3 Å². The first-order valence-corrected chi connectivity index (χ1v) is 13.8. The second-order valence-corrected chi connectivity index (χ2v) is 11.2. The van der Waals surface area contributed by atoms with E-state index >= 15 is 0 Å². The lowest BCUT2D eigenvalue weighted by molar-refractivity contribution is 0.319. The minimum absolute atomic E-state index is 0.293. The maximum Gasteiger partial charge on any atom is 0.237 e. The average Bonchev–Trinajstić information content (AvgIpc) is 2.90. The van der Waals surface area contributed by atoms with Crippen molar-refractivity contribution >= 4 is 16.2 Å². The van der Waals surface area contributed by atoms with Crippen LogP contribution >= 0.6 is 0 Å². The van der Waals surface area contributed by atoms with E-state index in [1.807, 2.05) is 18.2 Å². The van der Waals surface area contributed by atoms with E-state index in [-0.39, 0.29) is 0 Å². The second-order valence-electron chi connectivity index (χ2n) is 9.23. The number of nitrogens with zero attached hydrogens (tertiary/aromatic N) is 4. The van der Waals surface area contributed by atoms with Crippen molar-refractivity contribution in [2.45, 2.75) is 37.5 Å². The van der Waals surface area contributed by atoms with Gasteiger partial charge < -0.3 is 9.94 Å². The van der Waals surface area contributed by atoms with Crippen molar-refractivity contribution < 1.29 is 18.4 Å². The topological polar surface area (TPSA) is 105 Å². The van der Waals surface area contributed by atoms with E-state index in [1.54, 1.807) is 17.6 Å². The van der Waals surface area contributed by atoms with Crippen LogP contribution in [0, 0.1) is 6.92 Å². The molecule has 0 unspecified atom stereocenters. The van der Waals surface area contributed by atoms with E-state index in [0.29, 0.717) is 31.3 Å². The molecular weight excluding hydrogens is 476 g/mol. The molecule has 36 heavy (non-hydrogen) atoms. The lowest BCUT2D eigenvalue weighted by Gasteiger charge is -2.36. The van der Waals surface area contributed by atoms with Crippen LogP contribution in [0.25, 0.3) is 0 Å². The Kier molecular flexibility index (Phi) is 7.70. The van der Waals surface area contributed by atoms with E-state index < -0.39 is 15.4 Å². The van der Waals surface area contributed by atoms with Gasteiger partial charge in [0.05, 0.1) is 25.0 Å². The van der Waals surface area contributed by atoms with Crippen LogP contribution in [0.5, 0.6) is 5.88 Å². The molecule has 8 nitrogen and oxygen atoms in total. The van der Waals surface area contributed by atoms with Gasteiger partial charge in [-0.05, 0) is 54.0 Å². The number of ether oxygens (including phenoxy) is 1. The first-order valence-electron chi connectivity index (χ1n) is 11.9. The van der Waals surface area contributed by atoms with E-state index in [2.05, 4.69) is 58.7 Å². The van der Waals surface area contributed by atoms with Crippen LogP contribution in [0.1, 0.15) is 53.0 Å². The quantitative estimate of drug-likeness (QED) is 0.279. The van der Waals surface area contributed by atoms with E-state index in [9.17, 15) is 13.6 Å². The molecule has 190 valence electrons. The summed E-state index contributed by atoms with van der Waals surface area (Å²) in [6.07, 6.45) is 6.36. The Balaban J connectivity index is 1.81. The highest BCUT2D eigenvalue weighted by Crippen LogP contribution is 2.46. The number of aryl methyl sites for hydroxylation is 1. The van der Waals surface area contributed by atoms with Gasteiger partial charge in [0.2, 0.25) is 15.9 Å². The molecule has 0 spiro atoms. The smallest absolute Gasteiger partial charge is 0.237 e. The second kappa shape index (κ2) is 10.8. The van der Waals surface area contributed by atoms with Gasteiger partial charge in [0.25, 0.3) is 0 Å². The Morgan fingerprint density at radius 3 is 2.42 bits per heavy atom. The zero-order valence-corrected chi connectivity index (χ0v) is 21.6. The molecule has 0 bridgehead atoms. The number of hydrogen-bond acceptors (Lipinski definition) is 7. The van der Waals surface area contributed by atoms with Gasteiger partial charge in [0.1, 0.15) is 0 Å². The van der Waals surface area contributed by atoms with Crippen LogP contribution in [0.4, 0.5) is 0 Å². The predicted molar refractivity (Wildman–Crippen MR) is 139 cm³/mol. The summed E-state index contributed by atoms with van der Waals surface area (Å²) >= 11 is 0. The van der Waals surface area contributed by atoms with Crippen molar-refractivity contribution in [3.05, 3.63) is 88.6 Å². The molecule has 1 N–H and O–H groups in total. The van der Waals surface area contributed by atoms with E-state index in [1.165, 1.54) is 18.0 Å². The van der Waals surface area contributed by atoms with Crippen molar-refractivity contribution in [1.29, 1.82) is 0 Å². The van der Waals surface area contributed by atoms with Gasteiger partial charge in [0.15, 0.2) is 0 Å². The van der Waals surface area contributed by atoms with E-state index in [0.717, 1.165) is 35.1 Å². The summed E-state index contributed by atoms with van der Waals surface area (Å²) in [6.45, 7) is 3.13. The number of piperidine rings is 1. The molecular formula is C27H32N4O4S. The minimum atomic E-state index is -3.16. The molecule has 0 saturated carbocycles. The molecule has 4 rings (SSSR count). The highest BCUT2D eigenvalue weighted by atomic mass is 32.2. The van der Waals surface area contributed by atoms with Gasteiger partial charge in [-0.1, -0.05) is 48.5 Å². The normalized spacial score (nSPS) is 17.2. The third-order valence-electron chi connectivity index (χ3n) is 7.22. The van der Waals surface area contributed by atoms with Gasteiger partial charge in [-0.25, -0.2) is 12.7 Å². The summed E-state index contributed by atoms with van der Waals surface area (Å²) in [5.41, 5.74) is 4.40. The van der Waals surface area contributed by atoms with Crippen LogP contribution in [0.15, 0.2) is 65.9 Å². The van der Waals surface area contributed by atoms with Gasteiger partial charge in [-0.3, -0.25) is 0 Å². The van der Waals surface area contributed by atoms with Crippen molar-refractivity contribution in [3.63, 3.8) is 0 Å². The summed E-state index contributed by atoms with van der Waals surface area (Å²) in [6, 6.07) is 18.5. The Morgan fingerprint density at radius 1 is 1.11 bits per heavy atom. The third-order valence-corrected chi connectivity index (χ3v) is 8.52. The van der Waals surface area contributed by atoms with Crippen molar-refractivity contribution in [3.8, 4) is 5.88 Å². The molecule has 1 saturated heterocycles. The zero-order valence-electron chi connectivity index (χ0n) is 20.8. The van der Waals surface area contributed by atoms with Crippen molar-refractivity contribution in [1.82, 2.24) is 14.5 Å². The van der Waals surface area contributed by atoms with Crippen LogP contribution in [-0.4, -0.2) is 60.8 Å². The number of benzene rings is 2. The van der Waals surface area contributed by atoms with Crippen LogP contribution in [-0.2, 0) is 15.4 Å². The third kappa shape index (κ3) is 4.99. The summed E-state index contributed by atoms with van der Waals surface area (Å²) < 4.78 is 31.0. The molecule has 1 aliphatic heterocycles. The number of aromatic nitrogens is 2. The number of hydrogen-bond donors (Lipinski definition) is 1. The number of sulfonamides is 1. The molecule has 9 heteroatoms. The molecule has 1 fully saturated rings.